The van der Waals surface area contributed by atoms with E-state index in [1.165, 1.54) is 6.08 Å². The van der Waals surface area contributed by atoms with Gasteiger partial charge in [0.25, 0.3) is 0 Å². The highest BCUT2D eigenvalue weighted by atomic mass is 16.5. The zero-order valence-electron chi connectivity index (χ0n) is 12.9. The van der Waals surface area contributed by atoms with Gasteiger partial charge >= 0.3 is 0 Å². The molecule has 0 aromatic heterocycles. The molecule has 114 valence electrons. The predicted octanol–water partition coefficient (Wildman–Crippen LogP) is 3.66. The number of ether oxygens (including phenoxy) is 2. The van der Waals surface area contributed by atoms with Gasteiger partial charge in [-0.15, -0.1) is 0 Å². The van der Waals surface area contributed by atoms with E-state index in [1.54, 1.807) is 38.5 Å². The van der Waals surface area contributed by atoms with Crippen LogP contribution in [0.3, 0.4) is 0 Å². The van der Waals surface area contributed by atoms with Crippen LogP contribution in [0.15, 0.2) is 48.5 Å². The predicted molar refractivity (Wildman–Crippen MR) is 88.4 cm³/mol. The molecule has 4 nitrogen and oxygen atoms in total. The van der Waals surface area contributed by atoms with Crippen LogP contribution in [0.25, 0.3) is 6.08 Å². The van der Waals surface area contributed by atoms with E-state index < -0.39 is 0 Å². The van der Waals surface area contributed by atoms with E-state index in [-0.39, 0.29) is 5.91 Å². The van der Waals surface area contributed by atoms with Crippen molar-refractivity contribution in [2.45, 2.75) is 6.92 Å². The Morgan fingerprint density at radius 3 is 2.55 bits per heavy atom. The van der Waals surface area contributed by atoms with Crippen LogP contribution in [0.5, 0.6) is 11.5 Å². The molecule has 0 bridgehead atoms. The summed E-state index contributed by atoms with van der Waals surface area (Å²) >= 11 is 0. The molecule has 0 aliphatic rings. The first-order valence-electron chi connectivity index (χ1n) is 6.90. The molecule has 0 heterocycles. The van der Waals surface area contributed by atoms with Crippen LogP contribution < -0.4 is 14.8 Å². The van der Waals surface area contributed by atoms with Crippen molar-refractivity contribution in [1.29, 1.82) is 0 Å². The van der Waals surface area contributed by atoms with Gasteiger partial charge in [-0.2, -0.15) is 0 Å². The molecule has 0 saturated heterocycles. The third-order valence-corrected chi connectivity index (χ3v) is 3.27. The molecule has 1 amide bonds. The molecule has 0 aliphatic heterocycles. The second kappa shape index (κ2) is 7.31. The number of anilines is 1. The average molecular weight is 297 g/mol. The number of hydrogen-bond acceptors (Lipinski definition) is 3. The van der Waals surface area contributed by atoms with E-state index in [2.05, 4.69) is 5.32 Å². The van der Waals surface area contributed by atoms with Crippen molar-refractivity contribution in [2.75, 3.05) is 19.5 Å². The van der Waals surface area contributed by atoms with Gasteiger partial charge in [0, 0.05) is 12.1 Å². The molecule has 2 aromatic rings. The van der Waals surface area contributed by atoms with Crippen molar-refractivity contribution in [3.8, 4) is 11.5 Å². The first-order valence-corrected chi connectivity index (χ1v) is 6.90. The van der Waals surface area contributed by atoms with E-state index in [1.807, 2.05) is 31.2 Å². The first kappa shape index (κ1) is 15.6. The molecule has 2 aromatic carbocycles. The number of nitrogens with one attached hydrogen (secondary N) is 1. The van der Waals surface area contributed by atoms with Crippen LogP contribution in [0.2, 0.25) is 0 Å². The van der Waals surface area contributed by atoms with Crippen molar-refractivity contribution in [1.82, 2.24) is 0 Å². The molecule has 0 fully saturated rings. The monoisotopic (exact) mass is 297 g/mol. The minimum Gasteiger partial charge on any atom is -0.497 e. The fourth-order valence-corrected chi connectivity index (χ4v) is 2.02. The van der Waals surface area contributed by atoms with E-state index in [0.29, 0.717) is 17.2 Å². The molecule has 0 spiro atoms. The summed E-state index contributed by atoms with van der Waals surface area (Å²) in [6.07, 6.45) is 3.30. The Kier molecular flexibility index (Phi) is 5.20. The van der Waals surface area contributed by atoms with E-state index in [9.17, 15) is 4.79 Å². The van der Waals surface area contributed by atoms with Gasteiger partial charge in [0.2, 0.25) is 5.91 Å². The maximum atomic E-state index is 12.0. The number of carbonyl (C=O) groups is 1. The van der Waals surface area contributed by atoms with E-state index in [4.69, 9.17) is 9.47 Å². The summed E-state index contributed by atoms with van der Waals surface area (Å²) in [5.74, 6) is 1.01. The molecule has 2 rings (SSSR count). The highest BCUT2D eigenvalue weighted by Gasteiger charge is 2.07. The first-order chi connectivity index (χ1) is 10.6. The SMILES string of the molecule is COc1ccc(NC(=O)/C=C/c2ccccc2C)c(OC)c1. The summed E-state index contributed by atoms with van der Waals surface area (Å²) in [7, 11) is 3.13. The topological polar surface area (TPSA) is 47.6 Å². The van der Waals surface area contributed by atoms with Crippen LogP contribution in [-0.4, -0.2) is 20.1 Å². The van der Waals surface area contributed by atoms with Crippen molar-refractivity contribution in [3.63, 3.8) is 0 Å². The number of rotatable bonds is 5. The lowest BCUT2D eigenvalue weighted by atomic mass is 10.1. The smallest absolute Gasteiger partial charge is 0.248 e. The number of methoxy groups -OCH3 is 2. The molecule has 0 atom stereocenters. The molecular weight excluding hydrogens is 278 g/mol. The zero-order chi connectivity index (χ0) is 15.9. The lowest BCUT2D eigenvalue weighted by Gasteiger charge is -2.10. The Bertz CT molecular complexity index is 692. The largest absolute Gasteiger partial charge is 0.497 e. The highest BCUT2D eigenvalue weighted by molar-refractivity contribution is 6.02. The summed E-state index contributed by atoms with van der Waals surface area (Å²) in [6, 6.07) is 13.1. The minimum absolute atomic E-state index is 0.216. The third-order valence-electron chi connectivity index (χ3n) is 3.27. The van der Waals surface area contributed by atoms with E-state index >= 15 is 0 Å². The van der Waals surface area contributed by atoms with Gasteiger partial charge in [0.15, 0.2) is 0 Å². The van der Waals surface area contributed by atoms with Crippen molar-refractivity contribution < 1.29 is 14.3 Å². The Morgan fingerprint density at radius 2 is 1.86 bits per heavy atom. The average Bonchev–Trinajstić information content (AvgIpc) is 2.54. The van der Waals surface area contributed by atoms with Gasteiger partial charge in [-0.1, -0.05) is 24.3 Å². The fraction of sp³-hybridized carbons (Fsp3) is 0.167. The highest BCUT2D eigenvalue weighted by Crippen LogP contribution is 2.28. The molecule has 22 heavy (non-hydrogen) atoms. The number of carbonyl (C=O) groups excluding carboxylic acids is 1. The normalized spacial score (nSPS) is 10.5. The van der Waals surface area contributed by atoms with Crippen LogP contribution in [0.1, 0.15) is 11.1 Å². The second-order valence-corrected chi connectivity index (χ2v) is 4.75. The standard InChI is InChI=1S/C18H19NO3/c1-13-6-4-5-7-14(13)8-11-18(20)19-16-10-9-15(21-2)12-17(16)22-3/h4-12H,1-3H3,(H,19,20)/b11-8+. The molecule has 1 N–H and O–H groups in total. The van der Waals surface area contributed by atoms with Crippen LogP contribution in [0.4, 0.5) is 5.69 Å². The van der Waals surface area contributed by atoms with Crippen LogP contribution >= 0.6 is 0 Å². The summed E-state index contributed by atoms with van der Waals surface area (Å²) in [5, 5.41) is 2.80. The Balaban J connectivity index is 2.11. The number of hydrogen-bond donors (Lipinski definition) is 1. The molecule has 0 saturated carbocycles. The maximum Gasteiger partial charge on any atom is 0.248 e. The molecule has 0 unspecified atom stereocenters. The third kappa shape index (κ3) is 3.88. The lowest BCUT2D eigenvalue weighted by Crippen LogP contribution is -2.09. The summed E-state index contributed by atoms with van der Waals surface area (Å²) in [4.78, 5) is 12.0. The second-order valence-electron chi connectivity index (χ2n) is 4.75. The Labute approximate surface area is 130 Å². The van der Waals surface area contributed by atoms with Gasteiger partial charge < -0.3 is 14.8 Å². The lowest BCUT2D eigenvalue weighted by molar-refractivity contribution is -0.111. The van der Waals surface area contributed by atoms with Gasteiger partial charge in [-0.05, 0) is 36.3 Å². The quantitative estimate of drug-likeness (QED) is 0.857. The Morgan fingerprint density at radius 1 is 1.09 bits per heavy atom. The number of benzene rings is 2. The number of aryl methyl sites for hydroxylation is 1. The van der Waals surface area contributed by atoms with Crippen LogP contribution in [0, 0.1) is 6.92 Å². The van der Waals surface area contributed by atoms with Crippen LogP contribution in [-0.2, 0) is 4.79 Å². The van der Waals surface area contributed by atoms with Gasteiger partial charge in [-0.25, -0.2) is 0 Å². The maximum absolute atomic E-state index is 12.0. The summed E-state index contributed by atoms with van der Waals surface area (Å²) < 4.78 is 10.4. The van der Waals surface area contributed by atoms with Gasteiger partial charge in [0.05, 0.1) is 19.9 Å². The van der Waals surface area contributed by atoms with Gasteiger partial charge in [0.1, 0.15) is 11.5 Å². The van der Waals surface area contributed by atoms with Crippen molar-refractivity contribution in [2.24, 2.45) is 0 Å². The molecule has 0 radical (unpaired) electrons. The van der Waals surface area contributed by atoms with Crippen molar-refractivity contribution in [3.05, 3.63) is 59.7 Å². The number of amides is 1. The summed E-state index contributed by atoms with van der Waals surface area (Å²) in [5.41, 5.74) is 2.73. The molecule has 4 heteroatoms. The van der Waals surface area contributed by atoms with Crippen molar-refractivity contribution >= 4 is 17.7 Å². The molecule has 0 aliphatic carbocycles. The van der Waals surface area contributed by atoms with Gasteiger partial charge in [-0.3, -0.25) is 4.79 Å². The minimum atomic E-state index is -0.216. The Hall–Kier alpha value is -2.75. The fourth-order valence-electron chi connectivity index (χ4n) is 2.02. The van der Waals surface area contributed by atoms with E-state index in [0.717, 1.165) is 11.1 Å². The zero-order valence-corrected chi connectivity index (χ0v) is 12.9. The summed E-state index contributed by atoms with van der Waals surface area (Å²) in [6.45, 7) is 2.00. The molecular formula is C18H19NO3.